The fourth-order valence-electron chi connectivity index (χ4n) is 6.34. The lowest BCUT2D eigenvalue weighted by Crippen LogP contribution is -2.49. The highest BCUT2D eigenvalue weighted by atomic mass is 16.2. The molecular weight excluding hydrogens is 434 g/mol. The summed E-state index contributed by atoms with van der Waals surface area (Å²) in [5.41, 5.74) is 7.60. The Morgan fingerprint density at radius 2 is 1.83 bits per heavy atom. The first-order valence-electron chi connectivity index (χ1n) is 12.4. The Kier molecular flexibility index (Phi) is 4.40. The molecule has 0 aliphatic carbocycles. The minimum Gasteiger partial charge on any atom is -0.342 e. The summed E-state index contributed by atoms with van der Waals surface area (Å²) in [6, 6.07) is 20.8. The summed E-state index contributed by atoms with van der Waals surface area (Å²) in [4.78, 5) is 20.4. The summed E-state index contributed by atoms with van der Waals surface area (Å²) < 4.78 is 4.30. The van der Waals surface area contributed by atoms with Crippen LogP contribution >= 0.6 is 0 Å². The molecular formula is C29H27N5O. The van der Waals surface area contributed by atoms with Crippen LogP contribution in [0.5, 0.6) is 0 Å². The molecule has 2 aromatic carbocycles. The molecule has 0 saturated carbocycles. The van der Waals surface area contributed by atoms with E-state index in [1.54, 1.807) is 6.20 Å². The molecule has 35 heavy (non-hydrogen) atoms. The summed E-state index contributed by atoms with van der Waals surface area (Å²) in [6.45, 7) is 0. The highest BCUT2D eigenvalue weighted by Gasteiger charge is 2.43. The fourth-order valence-corrected chi connectivity index (χ4v) is 6.34. The quantitative estimate of drug-likeness (QED) is 0.353. The van der Waals surface area contributed by atoms with Crippen molar-refractivity contribution in [1.29, 1.82) is 0 Å². The Bertz CT molecular complexity index is 1630. The normalized spacial score (nSPS) is 19.3. The highest BCUT2D eigenvalue weighted by Crippen LogP contribution is 2.45. The number of carbonyl (C=O) groups is 1. The van der Waals surface area contributed by atoms with Crippen LogP contribution in [0.3, 0.4) is 0 Å². The Hall–Kier alpha value is -3.93. The van der Waals surface area contributed by atoms with Gasteiger partial charge in [-0.05, 0) is 62.1 Å². The molecule has 0 radical (unpaired) electrons. The first-order valence-corrected chi connectivity index (χ1v) is 12.4. The largest absolute Gasteiger partial charge is 0.342 e. The van der Waals surface area contributed by atoms with Gasteiger partial charge in [-0.25, -0.2) is 0 Å². The number of benzene rings is 2. The van der Waals surface area contributed by atoms with Crippen molar-refractivity contribution in [2.75, 3.05) is 0 Å². The monoisotopic (exact) mass is 461 g/mol. The van der Waals surface area contributed by atoms with Gasteiger partial charge in [0.05, 0.1) is 28.6 Å². The van der Waals surface area contributed by atoms with Crippen molar-refractivity contribution < 1.29 is 4.79 Å². The average Bonchev–Trinajstić information content (AvgIpc) is 3.38. The third-order valence-electron chi connectivity index (χ3n) is 7.95. The Balaban J connectivity index is 1.32. The van der Waals surface area contributed by atoms with Crippen molar-refractivity contribution in [3.05, 3.63) is 83.7 Å². The second kappa shape index (κ2) is 7.54. The zero-order valence-electron chi connectivity index (χ0n) is 20.0. The predicted octanol–water partition coefficient (Wildman–Crippen LogP) is 5.42. The van der Waals surface area contributed by atoms with Crippen LogP contribution in [0.4, 0.5) is 0 Å². The van der Waals surface area contributed by atoms with Gasteiger partial charge in [0.15, 0.2) is 0 Å². The Morgan fingerprint density at radius 3 is 2.71 bits per heavy atom. The van der Waals surface area contributed by atoms with Crippen LogP contribution in [0.25, 0.3) is 33.2 Å². The molecule has 7 rings (SSSR count). The van der Waals surface area contributed by atoms with Gasteiger partial charge in [0, 0.05) is 53.8 Å². The van der Waals surface area contributed by atoms with E-state index in [-0.39, 0.29) is 18.0 Å². The molecule has 2 unspecified atom stereocenters. The third kappa shape index (κ3) is 2.99. The zero-order chi connectivity index (χ0) is 23.7. The van der Waals surface area contributed by atoms with E-state index in [1.807, 2.05) is 42.1 Å². The lowest BCUT2D eigenvalue weighted by molar-refractivity contribution is 0.0392. The third-order valence-corrected chi connectivity index (χ3v) is 7.95. The number of carbonyl (C=O) groups excluding carboxylic acids is 1. The van der Waals surface area contributed by atoms with Crippen molar-refractivity contribution >= 4 is 27.7 Å². The zero-order valence-corrected chi connectivity index (χ0v) is 20.0. The Morgan fingerprint density at radius 1 is 0.971 bits per heavy atom. The molecule has 2 aliphatic rings. The van der Waals surface area contributed by atoms with Crippen LogP contribution in [0, 0.1) is 0 Å². The first kappa shape index (κ1) is 20.4. The number of rotatable bonds is 2. The minimum absolute atomic E-state index is 0.0178. The number of aromatic nitrogens is 4. The van der Waals surface area contributed by atoms with Gasteiger partial charge in [-0.2, -0.15) is 5.10 Å². The van der Waals surface area contributed by atoms with E-state index in [9.17, 15) is 4.79 Å². The van der Waals surface area contributed by atoms with Gasteiger partial charge in [-0.3, -0.25) is 14.5 Å². The number of hydrogen-bond acceptors (Lipinski definition) is 3. The van der Waals surface area contributed by atoms with E-state index in [4.69, 9.17) is 5.10 Å². The highest BCUT2D eigenvalue weighted by molar-refractivity contribution is 5.98. The summed E-state index contributed by atoms with van der Waals surface area (Å²) in [5.74, 6) is 0.105. The second-order valence-electron chi connectivity index (χ2n) is 9.91. The van der Waals surface area contributed by atoms with Crippen LogP contribution in [0.2, 0.25) is 0 Å². The van der Waals surface area contributed by atoms with E-state index in [0.29, 0.717) is 0 Å². The van der Waals surface area contributed by atoms with Crippen LogP contribution in [0.15, 0.2) is 66.9 Å². The number of para-hydroxylation sites is 1. The molecule has 0 N–H and O–H groups in total. The molecule has 1 amide bonds. The number of aryl methyl sites for hydroxylation is 2. The maximum Gasteiger partial charge on any atom is 0.254 e. The van der Waals surface area contributed by atoms with Crippen LogP contribution in [-0.2, 0) is 20.5 Å². The number of pyridine rings is 1. The first-order chi connectivity index (χ1) is 17.1. The summed E-state index contributed by atoms with van der Waals surface area (Å²) in [5, 5.41) is 7.27. The molecule has 0 spiro atoms. The molecule has 6 heteroatoms. The van der Waals surface area contributed by atoms with Gasteiger partial charge in [0.1, 0.15) is 0 Å². The van der Waals surface area contributed by atoms with Crippen molar-refractivity contribution in [2.45, 2.75) is 37.8 Å². The lowest BCUT2D eigenvalue weighted by atomic mass is 9.81. The molecule has 2 aliphatic heterocycles. The minimum atomic E-state index is 0.0178. The van der Waals surface area contributed by atoms with E-state index in [1.165, 1.54) is 27.9 Å². The molecule has 5 aromatic rings. The van der Waals surface area contributed by atoms with Gasteiger partial charge in [0.2, 0.25) is 0 Å². The number of fused-ring (bicyclic) bond motifs is 6. The van der Waals surface area contributed by atoms with Gasteiger partial charge in [0.25, 0.3) is 5.91 Å². The van der Waals surface area contributed by atoms with Gasteiger partial charge >= 0.3 is 0 Å². The van der Waals surface area contributed by atoms with E-state index >= 15 is 0 Å². The van der Waals surface area contributed by atoms with Gasteiger partial charge in [-0.1, -0.05) is 24.3 Å². The molecule has 1 saturated heterocycles. The molecule has 2 atom stereocenters. The smallest absolute Gasteiger partial charge is 0.254 e. The standard InChI is InChI=1S/C29H27N5O/c1-32-24-10-4-3-7-19(24)16-26(32)28-22-17-21-9-5-11-25(27(22)31-33(28)2)34(21)29(35)20-12-13-23-18(15-20)8-6-14-30-23/h3-4,6-8,10,12-16,21,25H,5,9,11,17H2,1-2H3. The predicted molar refractivity (Wildman–Crippen MR) is 137 cm³/mol. The number of hydrogen-bond donors (Lipinski definition) is 0. The fraction of sp³-hybridized carbons (Fsp3) is 0.276. The van der Waals surface area contributed by atoms with Crippen LogP contribution < -0.4 is 0 Å². The van der Waals surface area contributed by atoms with Crippen molar-refractivity contribution in [2.24, 2.45) is 14.1 Å². The van der Waals surface area contributed by atoms with E-state index in [0.717, 1.165) is 47.8 Å². The number of amides is 1. The SMILES string of the molecule is Cn1nc2c(c1-c1cc3ccccc3n1C)CC1CCCC2N1C(=O)c1ccc2ncccc2c1. The van der Waals surface area contributed by atoms with Gasteiger partial charge in [-0.15, -0.1) is 0 Å². The molecule has 3 aromatic heterocycles. The summed E-state index contributed by atoms with van der Waals surface area (Å²) in [6.07, 6.45) is 5.74. The van der Waals surface area contributed by atoms with Crippen molar-refractivity contribution in [3.8, 4) is 11.4 Å². The molecule has 2 bridgehead atoms. The van der Waals surface area contributed by atoms with Crippen molar-refractivity contribution in [1.82, 2.24) is 24.2 Å². The Labute approximate surface area is 203 Å². The molecule has 174 valence electrons. The van der Waals surface area contributed by atoms with Crippen LogP contribution in [-0.4, -0.2) is 36.2 Å². The van der Waals surface area contributed by atoms with E-state index in [2.05, 4.69) is 51.8 Å². The molecule has 5 heterocycles. The topological polar surface area (TPSA) is 56.0 Å². The van der Waals surface area contributed by atoms with Crippen molar-refractivity contribution in [3.63, 3.8) is 0 Å². The summed E-state index contributed by atoms with van der Waals surface area (Å²) in [7, 11) is 4.17. The summed E-state index contributed by atoms with van der Waals surface area (Å²) >= 11 is 0. The lowest BCUT2D eigenvalue weighted by Gasteiger charge is -2.45. The maximum absolute atomic E-state index is 13.9. The van der Waals surface area contributed by atoms with E-state index < -0.39 is 0 Å². The second-order valence-corrected chi connectivity index (χ2v) is 9.91. The van der Waals surface area contributed by atoms with Crippen LogP contribution in [0.1, 0.15) is 46.9 Å². The molecule has 6 nitrogen and oxygen atoms in total. The average molecular weight is 462 g/mol. The molecule has 1 fully saturated rings. The number of piperidine rings is 1. The maximum atomic E-state index is 13.9. The van der Waals surface area contributed by atoms with Gasteiger partial charge < -0.3 is 9.47 Å². The number of nitrogens with zero attached hydrogens (tertiary/aromatic N) is 5.